The summed E-state index contributed by atoms with van der Waals surface area (Å²) in [6.45, 7) is 0.952. The van der Waals surface area contributed by atoms with Crippen LogP contribution in [0.1, 0.15) is 19.3 Å². The molecular weight excluding hydrogens is 205 g/mol. The Hall–Kier alpha value is -0.395. The highest BCUT2D eigenvalue weighted by molar-refractivity contribution is 7.85. The number of rotatable bonds is 9. The summed E-state index contributed by atoms with van der Waals surface area (Å²) in [5.74, 6) is 0. The third-order valence-corrected chi connectivity index (χ3v) is 2.04. The fourth-order valence-electron chi connectivity index (χ4n) is 0.848. The zero-order chi connectivity index (χ0) is 10.9. The van der Waals surface area contributed by atoms with Gasteiger partial charge in [0.2, 0.25) is 0 Å². The molecule has 0 aromatic carbocycles. The van der Waals surface area contributed by atoms with Gasteiger partial charge in [0, 0.05) is 0 Å². The molecule has 0 heterocycles. The van der Waals surface area contributed by atoms with Crippen molar-refractivity contribution in [3.05, 3.63) is 0 Å². The van der Waals surface area contributed by atoms with Gasteiger partial charge in [-0.05, 0) is 25.8 Å². The summed E-state index contributed by atoms with van der Waals surface area (Å²) < 4.78 is 25.6. The number of hydrogen-bond donors (Lipinski definition) is 1. The first kappa shape index (κ1) is 13.6. The summed E-state index contributed by atoms with van der Waals surface area (Å²) in [4.78, 5) is 9.85. The summed E-state index contributed by atoms with van der Waals surface area (Å²) in [6.07, 6.45) is 4.18. The SMILES string of the molecule is CS(=O)(=O)OCCCCCN[B]C=O. The lowest BCUT2D eigenvalue weighted by atomic mass is 9.99. The van der Waals surface area contributed by atoms with Gasteiger partial charge in [-0.15, -0.1) is 0 Å². The molecule has 0 atom stereocenters. The Morgan fingerprint density at radius 3 is 2.64 bits per heavy atom. The van der Waals surface area contributed by atoms with Gasteiger partial charge in [-0.25, -0.2) is 0 Å². The zero-order valence-electron chi connectivity index (χ0n) is 8.23. The lowest BCUT2D eigenvalue weighted by molar-refractivity contribution is 0.310. The van der Waals surface area contributed by atoms with Crippen LogP contribution in [0, 0.1) is 0 Å². The van der Waals surface area contributed by atoms with Crippen molar-refractivity contribution in [2.75, 3.05) is 19.4 Å². The zero-order valence-corrected chi connectivity index (χ0v) is 9.05. The molecule has 14 heavy (non-hydrogen) atoms. The van der Waals surface area contributed by atoms with Crippen molar-refractivity contribution in [1.82, 2.24) is 5.23 Å². The summed E-state index contributed by atoms with van der Waals surface area (Å²) >= 11 is 0. The van der Waals surface area contributed by atoms with Gasteiger partial charge in [-0.2, -0.15) is 8.42 Å². The van der Waals surface area contributed by atoms with Crippen molar-refractivity contribution >= 4 is 23.7 Å². The van der Waals surface area contributed by atoms with Crippen molar-refractivity contribution in [3.63, 3.8) is 0 Å². The van der Waals surface area contributed by atoms with Gasteiger partial charge in [-0.3, -0.25) is 4.18 Å². The minimum atomic E-state index is -3.29. The molecule has 0 fully saturated rings. The lowest BCUT2D eigenvalue weighted by Crippen LogP contribution is -2.21. The maximum absolute atomic E-state index is 10.5. The number of unbranched alkanes of at least 4 members (excludes halogenated alkanes) is 2. The largest absolute Gasteiger partial charge is 0.354 e. The summed E-state index contributed by atoms with van der Waals surface area (Å²) in [6, 6.07) is 0. The highest BCUT2D eigenvalue weighted by atomic mass is 32.2. The van der Waals surface area contributed by atoms with E-state index in [2.05, 4.69) is 9.41 Å². The summed E-state index contributed by atoms with van der Waals surface area (Å²) in [7, 11) is -1.95. The molecule has 0 amide bonds. The van der Waals surface area contributed by atoms with E-state index in [1.807, 2.05) is 0 Å². The number of hydrogen-bond acceptors (Lipinski definition) is 5. The van der Waals surface area contributed by atoms with Crippen molar-refractivity contribution in [2.45, 2.75) is 19.3 Å². The normalized spacial score (nSPS) is 11.2. The van der Waals surface area contributed by atoms with Crippen molar-refractivity contribution in [1.29, 1.82) is 0 Å². The van der Waals surface area contributed by atoms with Gasteiger partial charge in [0.15, 0.2) is 0 Å². The quantitative estimate of drug-likeness (QED) is 0.246. The molecule has 0 bridgehead atoms. The molecule has 0 aliphatic rings. The second-order valence-electron chi connectivity index (χ2n) is 2.84. The third-order valence-electron chi connectivity index (χ3n) is 1.45. The number of nitrogens with one attached hydrogen (secondary N) is 1. The van der Waals surface area contributed by atoms with Crippen LogP contribution in [-0.2, 0) is 19.1 Å². The number of carbonyl (C=O) groups is 1. The first-order valence-corrected chi connectivity index (χ1v) is 6.22. The lowest BCUT2D eigenvalue weighted by Gasteiger charge is -2.01. The third kappa shape index (κ3) is 11.6. The molecule has 0 saturated carbocycles. The average molecular weight is 220 g/mol. The van der Waals surface area contributed by atoms with Crippen LogP contribution in [-0.4, -0.2) is 41.4 Å². The van der Waals surface area contributed by atoms with Gasteiger partial charge in [0.1, 0.15) is 0 Å². The van der Waals surface area contributed by atoms with Gasteiger partial charge in [0.25, 0.3) is 17.5 Å². The van der Waals surface area contributed by atoms with E-state index in [9.17, 15) is 13.2 Å². The van der Waals surface area contributed by atoms with Crippen LogP contribution in [0.3, 0.4) is 0 Å². The maximum Gasteiger partial charge on any atom is 0.290 e. The van der Waals surface area contributed by atoms with Gasteiger partial charge in [0.05, 0.1) is 19.0 Å². The first-order valence-electron chi connectivity index (χ1n) is 4.41. The van der Waals surface area contributed by atoms with Crippen LogP contribution >= 0.6 is 0 Å². The average Bonchev–Trinajstić information content (AvgIpc) is 2.08. The Bertz CT molecular complexity index is 242. The van der Waals surface area contributed by atoms with E-state index in [-0.39, 0.29) is 6.61 Å². The molecule has 0 aliphatic heterocycles. The Balaban J connectivity index is 3.10. The molecule has 0 aliphatic carbocycles. The molecule has 0 aromatic rings. The summed E-state index contributed by atoms with van der Waals surface area (Å²) in [5.41, 5.74) is 0. The van der Waals surface area contributed by atoms with E-state index >= 15 is 0 Å². The topological polar surface area (TPSA) is 72.5 Å². The molecule has 81 valence electrons. The summed E-state index contributed by atoms with van der Waals surface area (Å²) in [5, 5.41) is 2.79. The van der Waals surface area contributed by atoms with Crippen molar-refractivity contribution < 1.29 is 17.4 Å². The van der Waals surface area contributed by atoms with Gasteiger partial charge >= 0.3 is 0 Å². The molecule has 1 N–H and O–H groups in total. The predicted octanol–water partition coefficient (Wildman–Crippen LogP) is -0.468. The highest BCUT2D eigenvalue weighted by Gasteiger charge is 1.99. The van der Waals surface area contributed by atoms with Crippen LogP contribution in [0.2, 0.25) is 0 Å². The molecule has 0 saturated heterocycles. The standard InChI is InChI=1S/C7H15BNO4S/c1-14(11,12)13-6-4-2-3-5-9-8-7-10/h7,9H,2-6H2,1H3. The van der Waals surface area contributed by atoms with E-state index in [0.29, 0.717) is 12.6 Å². The predicted molar refractivity (Wildman–Crippen MR) is 55.2 cm³/mol. The van der Waals surface area contributed by atoms with E-state index < -0.39 is 10.1 Å². The second kappa shape index (κ2) is 7.96. The van der Waals surface area contributed by atoms with E-state index in [1.54, 1.807) is 0 Å². The molecular formula is C7H15BNO4S. The number of carbonyl (C=O) groups excluding carboxylic acids is 1. The van der Waals surface area contributed by atoms with Crippen molar-refractivity contribution in [2.24, 2.45) is 0 Å². The highest BCUT2D eigenvalue weighted by Crippen LogP contribution is 1.96. The van der Waals surface area contributed by atoms with E-state index in [4.69, 9.17) is 0 Å². The molecule has 0 aromatic heterocycles. The fourth-order valence-corrected chi connectivity index (χ4v) is 1.27. The molecule has 5 nitrogen and oxygen atoms in total. The van der Waals surface area contributed by atoms with Crippen LogP contribution in [0.15, 0.2) is 0 Å². The Labute approximate surface area is 85.6 Å². The Morgan fingerprint density at radius 1 is 1.36 bits per heavy atom. The van der Waals surface area contributed by atoms with E-state index in [0.717, 1.165) is 25.6 Å². The first-order chi connectivity index (χ1) is 6.56. The maximum atomic E-state index is 10.5. The van der Waals surface area contributed by atoms with Gasteiger partial charge in [-0.1, -0.05) is 0 Å². The smallest absolute Gasteiger partial charge is 0.290 e. The van der Waals surface area contributed by atoms with Crippen molar-refractivity contribution in [3.8, 4) is 0 Å². The van der Waals surface area contributed by atoms with Gasteiger partial charge < -0.3 is 10.0 Å². The molecule has 1 radical (unpaired) electrons. The Kier molecular flexibility index (Phi) is 7.73. The van der Waals surface area contributed by atoms with Crippen LogP contribution in [0.25, 0.3) is 0 Å². The molecule has 0 rings (SSSR count). The van der Waals surface area contributed by atoms with Crippen LogP contribution in [0.4, 0.5) is 0 Å². The minimum Gasteiger partial charge on any atom is -0.354 e. The Morgan fingerprint density at radius 2 is 2.07 bits per heavy atom. The van der Waals surface area contributed by atoms with E-state index in [1.165, 1.54) is 7.41 Å². The van der Waals surface area contributed by atoms with Crippen LogP contribution in [0.5, 0.6) is 0 Å². The van der Waals surface area contributed by atoms with Crippen LogP contribution < -0.4 is 5.23 Å². The monoisotopic (exact) mass is 220 g/mol. The minimum absolute atomic E-state index is 0.232. The molecule has 7 heteroatoms. The second-order valence-corrected chi connectivity index (χ2v) is 4.49. The molecule has 0 unspecified atom stereocenters. The fraction of sp³-hybridized carbons (Fsp3) is 0.857. The molecule has 0 spiro atoms.